The first-order chi connectivity index (χ1) is 14.9. The van der Waals surface area contributed by atoms with Gasteiger partial charge in [0.25, 0.3) is 5.88 Å². The van der Waals surface area contributed by atoms with E-state index >= 15 is 0 Å². The van der Waals surface area contributed by atoms with Crippen molar-refractivity contribution in [3.63, 3.8) is 0 Å². The summed E-state index contributed by atoms with van der Waals surface area (Å²) in [6.45, 7) is 4.29. The molecule has 0 atom stereocenters. The van der Waals surface area contributed by atoms with Crippen LogP contribution in [0, 0.1) is 10.1 Å². The quantitative estimate of drug-likeness (QED) is 0.451. The summed E-state index contributed by atoms with van der Waals surface area (Å²) in [6.07, 6.45) is 5.98. The second-order valence-corrected chi connectivity index (χ2v) is 9.19. The van der Waals surface area contributed by atoms with Gasteiger partial charge >= 0.3 is 5.69 Å². The van der Waals surface area contributed by atoms with Crippen molar-refractivity contribution in [3.8, 4) is 5.88 Å². The van der Waals surface area contributed by atoms with Gasteiger partial charge in [-0.25, -0.2) is 13.4 Å². The van der Waals surface area contributed by atoms with Crippen molar-refractivity contribution in [1.29, 1.82) is 0 Å². The summed E-state index contributed by atoms with van der Waals surface area (Å²) >= 11 is 0. The third-order valence-corrected chi connectivity index (χ3v) is 7.33. The first kappa shape index (κ1) is 22.9. The van der Waals surface area contributed by atoms with Gasteiger partial charge in [0, 0.05) is 18.8 Å². The van der Waals surface area contributed by atoms with Crippen molar-refractivity contribution < 1.29 is 18.1 Å². The maximum absolute atomic E-state index is 12.6. The zero-order valence-corrected chi connectivity index (χ0v) is 18.5. The minimum Gasteiger partial charge on any atom is -0.469 e. The minimum atomic E-state index is -3.58. The average molecular weight is 450 g/mol. The van der Waals surface area contributed by atoms with Crippen molar-refractivity contribution >= 4 is 27.2 Å². The number of ether oxygens (including phenoxy) is 1. The summed E-state index contributed by atoms with van der Waals surface area (Å²) in [7, 11) is -3.58. The van der Waals surface area contributed by atoms with E-state index in [0.717, 1.165) is 32.1 Å². The lowest BCUT2D eigenvalue weighted by molar-refractivity contribution is -0.385. The van der Waals surface area contributed by atoms with E-state index in [-0.39, 0.29) is 28.4 Å². The summed E-state index contributed by atoms with van der Waals surface area (Å²) in [4.78, 5) is 19.3. The predicted octanol–water partition coefficient (Wildman–Crippen LogP) is 3.87. The van der Waals surface area contributed by atoms with E-state index in [1.54, 1.807) is 26.0 Å². The Kier molecular flexibility index (Phi) is 7.39. The molecular formula is C20H27N5O5S. The topological polar surface area (TPSA) is 128 Å². The first-order valence-electron chi connectivity index (χ1n) is 10.4. The lowest BCUT2D eigenvalue weighted by Crippen LogP contribution is -2.30. The minimum absolute atomic E-state index is 0.00911. The number of nitro groups is 1. The predicted molar refractivity (Wildman–Crippen MR) is 116 cm³/mol. The highest BCUT2D eigenvalue weighted by Gasteiger charge is 2.28. The Morgan fingerprint density at radius 2 is 1.77 bits per heavy atom. The fourth-order valence-corrected chi connectivity index (χ4v) is 5.06. The third kappa shape index (κ3) is 5.28. The molecule has 0 saturated heterocycles. The van der Waals surface area contributed by atoms with Gasteiger partial charge < -0.3 is 10.1 Å². The molecule has 0 spiro atoms. The van der Waals surface area contributed by atoms with Gasteiger partial charge in [-0.2, -0.15) is 9.29 Å². The molecule has 1 aromatic heterocycles. The van der Waals surface area contributed by atoms with Gasteiger partial charge in [-0.3, -0.25) is 10.1 Å². The molecule has 1 heterocycles. The summed E-state index contributed by atoms with van der Waals surface area (Å²) in [5, 5.41) is 14.6. The zero-order chi connectivity index (χ0) is 22.4. The van der Waals surface area contributed by atoms with Crippen LogP contribution in [0.25, 0.3) is 0 Å². The fourth-order valence-electron chi connectivity index (χ4n) is 3.61. The van der Waals surface area contributed by atoms with Crippen LogP contribution in [0.4, 0.5) is 17.2 Å². The van der Waals surface area contributed by atoms with E-state index in [1.165, 1.54) is 22.8 Å². The molecule has 11 heteroatoms. The molecule has 0 aliphatic heterocycles. The van der Waals surface area contributed by atoms with E-state index in [9.17, 15) is 18.5 Å². The van der Waals surface area contributed by atoms with Gasteiger partial charge in [-0.1, -0.05) is 20.3 Å². The zero-order valence-electron chi connectivity index (χ0n) is 17.7. The van der Waals surface area contributed by atoms with Crippen LogP contribution in [0.2, 0.25) is 0 Å². The van der Waals surface area contributed by atoms with Gasteiger partial charge in [-0.15, -0.1) is 0 Å². The Balaban J connectivity index is 1.83. The van der Waals surface area contributed by atoms with Crippen molar-refractivity contribution in [3.05, 3.63) is 40.7 Å². The Morgan fingerprint density at radius 3 is 2.35 bits per heavy atom. The van der Waals surface area contributed by atoms with Crippen molar-refractivity contribution in [2.45, 2.75) is 57.0 Å². The number of hydrogen-bond donors (Lipinski definition) is 1. The van der Waals surface area contributed by atoms with E-state index in [2.05, 4.69) is 15.3 Å². The monoisotopic (exact) mass is 449 g/mol. The second-order valence-electron chi connectivity index (χ2n) is 7.25. The van der Waals surface area contributed by atoms with Crippen LogP contribution in [0.15, 0.2) is 35.5 Å². The molecular weight excluding hydrogens is 422 g/mol. The normalized spacial score (nSPS) is 15.1. The molecule has 3 rings (SSSR count). The molecule has 1 saturated carbocycles. The average Bonchev–Trinajstić information content (AvgIpc) is 2.75. The molecule has 168 valence electrons. The van der Waals surface area contributed by atoms with Crippen LogP contribution in [0.1, 0.15) is 46.0 Å². The third-order valence-electron chi connectivity index (χ3n) is 5.26. The molecule has 0 bridgehead atoms. The highest BCUT2D eigenvalue weighted by Crippen LogP contribution is 2.35. The van der Waals surface area contributed by atoms with Crippen LogP contribution in [0.5, 0.6) is 5.88 Å². The molecule has 10 nitrogen and oxygen atoms in total. The van der Waals surface area contributed by atoms with Gasteiger partial charge in [0.05, 0.1) is 9.82 Å². The highest BCUT2D eigenvalue weighted by atomic mass is 32.2. The van der Waals surface area contributed by atoms with Crippen LogP contribution < -0.4 is 10.1 Å². The first-order valence-corrected chi connectivity index (χ1v) is 11.8. The Bertz CT molecular complexity index is 1000. The molecule has 0 amide bonds. The smallest absolute Gasteiger partial charge is 0.373 e. The number of benzene rings is 1. The summed E-state index contributed by atoms with van der Waals surface area (Å²) in [6, 6.07) is 6.01. The Labute approximate surface area is 181 Å². The molecule has 1 aliphatic rings. The highest BCUT2D eigenvalue weighted by molar-refractivity contribution is 7.89. The van der Waals surface area contributed by atoms with Crippen LogP contribution in [-0.4, -0.2) is 46.8 Å². The van der Waals surface area contributed by atoms with Gasteiger partial charge in [0.1, 0.15) is 12.4 Å². The largest absolute Gasteiger partial charge is 0.469 e. The van der Waals surface area contributed by atoms with Crippen molar-refractivity contribution in [2.24, 2.45) is 0 Å². The molecule has 1 fully saturated rings. The Morgan fingerprint density at radius 1 is 1.13 bits per heavy atom. The van der Waals surface area contributed by atoms with Gasteiger partial charge in [0.15, 0.2) is 0 Å². The van der Waals surface area contributed by atoms with E-state index in [0.29, 0.717) is 18.8 Å². The Hall–Kier alpha value is -2.79. The van der Waals surface area contributed by atoms with Gasteiger partial charge in [-0.05, 0) is 49.9 Å². The second kappa shape index (κ2) is 10.0. The SMILES string of the molecule is CCN(CC)S(=O)(=O)c1ccc(Nc2ncnc(OC3CCCCC3)c2[N+](=O)[O-])cc1. The van der Waals surface area contributed by atoms with Crippen LogP contribution in [-0.2, 0) is 10.0 Å². The lowest BCUT2D eigenvalue weighted by Gasteiger charge is -2.22. The van der Waals surface area contributed by atoms with Crippen molar-refractivity contribution in [1.82, 2.24) is 14.3 Å². The molecule has 0 unspecified atom stereocenters. The summed E-state index contributed by atoms with van der Waals surface area (Å²) in [5.74, 6) is -0.0692. The number of anilines is 2. The van der Waals surface area contributed by atoms with E-state index in [1.807, 2.05) is 0 Å². The summed E-state index contributed by atoms with van der Waals surface area (Å²) < 4.78 is 32.4. The molecule has 31 heavy (non-hydrogen) atoms. The van der Waals surface area contributed by atoms with Crippen LogP contribution in [0.3, 0.4) is 0 Å². The molecule has 2 aromatic rings. The van der Waals surface area contributed by atoms with E-state index < -0.39 is 14.9 Å². The fraction of sp³-hybridized carbons (Fsp3) is 0.500. The van der Waals surface area contributed by atoms with Gasteiger partial charge in [0.2, 0.25) is 15.8 Å². The molecule has 1 aliphatic carbocycles. The number of nitrogens with one attached hydrogen (secondary N) is 1. The lowest BCUT2D eigenvalue weighted by atomic mass is 9.98. The number of rotatable bonds is 9. The van der Waals surface area contributed by atoms with E-state index in [4.69, 9.17) is 4.74 Å². The number of nitrogens with zero attached hydrogens (tertiary/aromatic N) is 4. The maximum atomic E-state index is 12.6. The number of aromatic nitrogens is 2. The van der Waals surface area contributed by atoms with Crippen LogP contribution >= 0.6 is 0 Å². The number of sulfonamides is 1. The van der Waals surface area contributed by atoms with Crippen molar-refractivity contribution in [2.75, 3.05) is 18.4 Å². The molecule has 1 N–H and O–H groups in total. The standard InChI is InChI=1S/C20H27N5O5S/c1-3-24(4-2)31(28,29)17-12-10-15(11-13-17)23-19-18(25(26)27)20(22-14-21-19)30-16-8-6-5-7-9-16/h10-14,16H,3-9H2,1-2H3,(H,21,22,23). The molecule has 1 aromatic carbocycles. The number of hydrogen-bond acceptors (Lipinski definition) is 8. The summed E-state index contributed by atoms with van der Waals surface area (Å²) in [5.41, 5.74) is 0.122. The molecule has 0 radical (unpaired) electrons. The maximum Gasteiger partial charge on any atom is 0.373 e.